The standard InChI is InChI=1S/C13H15N3O3/c1-18-12-4-5-19-8-11(12)16-13(17)9-2-3-10(6-14)15-7-9/h2-3,7,11-12H,4-5,8H2,1H3,(H,16,17)/t11-,12-/m1/s1. The second-order valence-electron chi connectivity index (χ2n) is 4.26. The Hall–Kier alpha value is -1.97. The van der Waals surface area contributed by atoms with Crippen molar-refractivity contribution in [1.29, 1.82) is 5.26 Å². The van der Waals surface area contributed by atoms with Gasteiger partial charge >= 0.3 is 0 Å². The zero-order valence-corrected chi connectivity index (χ0v) is 10.6. The first-order valence-corrected chi connectivity index (χ1v) is 6.02. The van der Waals surface area contributed by atoms with Gasteiger partial charge in [-0.15, -0.1) is 0 Å². The third-order valence-corrected chi connectivity index (χ3v) is 3.05. The van der Waals surface area contributed by atoms with Gasteiger partial charge in [0.2, 0.25) is 0 Å². The molecule has 2 atom stereocenters. The van der Waals surface area contributed by atoms with E-state index in [0.29, 0.717) is 18.8 Å². The minimum atomic E-state index is -0.241. The van der Waals surface area contributed by atoms with Crippen molar-refractivity contribution in [2.45, 2.75) is 18.6 Å². The van der Waals surface area contributed by atoms with Gasteiger partial charge < -0.3 is 14.8 Å². The normalized spacial score (nSPS) is 22.5. The average Bonchev–Trinajstić information content (AvgIpc) is 2.48. The molecule has 0 saturated carbocycles. The Morgan fingerprint density at radius 1 is 1.63 bits per heavy atom. The van der Waals surface area contributed by atoms with Crippen LogP contribution >= 0.6 is 0 Å². The van der Waals surface area contributed by atoms with E-state index in [1.807, 2.05) is 6.07 Å². The highest BCUT2D eigenvalue weighted by molar-refractivity contribution is 5.94. The van der Waals surface area contributed by atoms with Gasteiger partial charge in [-0.3, -0.25) is 4.79 Å². The summed E-state index contributed by atoms with van der Waals surface area (Å²) in [6.45, 7) is 1.08. The molecule has 1 aromatic rings. The summed E-state index contributed by atoms with van der Waals surface area (Å²) in [5, 5.41) is 11.5. The SMILES string of the molecule is CO[C@@H]1CCOC[C@H]1NC(=O)c1ccc(C#N)nc1. The minimum Gasteiger partial charge on any atom is -0.379 e. The lowest BCUT2D eigenvalue weighted by molar-refractivity contribution is -0.0349. The number of ether oxygens (including phenoxy) is 2. The quantitative estimate of drug-likeness (QED) is 0.855. The number of pyridine rings is 1. The molecular formula is C13H15N3O3. The van der Waals surface area contributed by atoms with Crippen LogP contribution in [-0.4, -0.2) is 43.4 Å². The molecule has 1 saturated heterocycles. The van der Waals surface area contributed by atoms with Gasteiger partial charge in [0.25, 0.3) is 5.91 Å². The first kappa shape index (κ1) is 13.5. The molecule has 1 N–H and O–H groups in total. The van der Waals surface area contributed by atoms with Crippen LogP contribution in [0.25, 0.3) is 0 Å². The van der Waals surface area contributed by atoms with Crippen molar-refractivity contribution in [2.24, 2.45) is 0 Å². The van der Waals surface area contributed by atoms with Crippen LogP contribution in [0.4, 0.5) is 0 Å². The predicted molar refractivity (Wildman–Crippen MR) is 66.4 cm³/mol. The van der Waals surface area contributed by atoms with E-state index in [4.69, 9.17) is 14.7 Å². The summed E-state index contributed by atoms with van der Waals surface area (Å²) in [7, 11) is 1.62. The molecule has 2 heterocycles. The minimum absolute atomic E-state index is 0.0379. The Kier molecular flexibility index (Phi) is 4.44. The number of carbonyl (C=O) groups excluding carboxylic acids is 1. The fraction of sp³-hybridized carbons (Fsp3) is 0.462. The van der Waals surface area contributed by atoms with Gasteiger partial charge in [0.05, 0.1) is 24.3 Å². The molecule has 0 spiro atoms. The van der Waals surface area contributed by atoms with E-state index >= 15 is 0 Å². The molecule has 0 unspecified atom stereocenters. The number of nitrogens with one attached hydrogen (secondary N) is 1. The Balaban J connectivity index is 2.01. The largest absolute Gasteiger partial charge is 0.379 e. The molecular weight excluding hydrogens is 246 g/mol. The highest BCUT2D eigenvalue weighted by Crippen LogP contribution is 2.11. The average molecular weight is 261 g/mol. The van der Waals surface area contributed by atoms with Crippen molar-refractivity contribution in [3.63, 3.8) is 0 Å². The second-order valence-corrected chi connectivity index (χ2v) is 4.26. The van der Waals surface area contributed by atoms with Crippen molar-refractivity contribution in [1.82, 2.24) is 10.3 Å². The van der Waals surface area contributed by atoms with Crippen molar-refractivity contribution in [3.8, 4) is 6.07 Å². The van der Waals surface area contributed by atoms with Gasteiger partial charge in [0, 0.05) is 19.9 Å². The van der Waals surface area contributed by atoms with Crippen molar-refractivity contribution >= 4 is 5.91 Å². The predicted octanol–water partition coefficient (Wildman–Crippen LogP) is 0.487. The van der Waals surface area contributed by atoms with Crippen LogP contribution in [0, 0.1) is 11.3 Å². The maximum absolute atomic E-state index is 12.0. The third-order valence-electron chi connectivity index (χ3n) is 3.05. The highest BCUT2D eigenvalue weighted by atomic mass is 16.5. The molecule has 0 aromatic carbocycles. The Labute approximate surface area is 111 Å². The lowest BCUT2D eigenvalue weighted by atomic mass is 10.1. The molecule has 0 aliphatic carbocycles. The number of nitriles is 1. The summed E-state index contributed by atoms with van der Waals surface area (Å²) in [5.74, 6) is -0.241. The number of hydrogen-bond donors (Lipinski definition) is 1. The van der Waals surface area contributed by atoms with Gasteiger partial charge in [-0.25, -0.2) is 4.98 Å². The molecule has 1 aromatic heterocycles. The highest BCUT2D eigenvalue weighted by Gasteiger charge is 2.27. The summed E-state index contributed by atoms with van der Waals surface area (Å²) in [4.78, 5) is 15.9. The van der Waals surface area contributed by atoms with Crippen LogP contribution in [-0.2, 0) is 9.47 Å². The van der Waals surface area contributed by atoms with Crippen molar-refractivity contribution in [2.75, 3.05) is 20.3 Å². The molecule has 1 aliphatic rings. The molecule has 0 bridgehead atoms. The van der Waals surface area contributed by atoms with E-state index in [1.54, 1.807) is 13.2 Å². The second kappa shape index (κ2) is 6.27. The maximum atomic E-state index is 12.0. The van der Waals surface area contributed by atoms with Crippen LogP contribution in [0.2, 0.25) is 0 Å². The van der Waals surface area contributed by atoms with Crippen LogP contribution < -0.4 is 5.32 Å². The fourth-order valence-corrected chi connectivity index (χ4v) is 1.98. The molecule has 2 rings (SSSR count). The molecule has 1 amide bonds. The van der Waals surface area contributed by atoms with Crippen LogP contribution in [0.15, 0.2) is 18.3 Å². The van der Waals surface area contributed by atoms with Gasteiger partial charge in [-0.05, 0) is 18.6 Å². The lowest BCUT2D eigenvalue weighted by Crippen LogP contribution is -2.50. The van der Waals surface area contributed by atoms with Gasteiger partial charge in [0.15, 0.2) is 0 Å². The van der Waals surface area contributed by atoms with E-state index in [0.717, 1.165) is 6.42 Å². The maximum Gasteiger partial charge on any atom is 0.253 e. The van der Waals surface area contributed by atoms with Gasteiger partial charge in [-0.2, -0.15) is 5.26 Å². The summed E-state index contributed by atoms with van der Waals surface area (Å²) >= 11 is 0. The molecule has 1 fully saturated rings. The molecule has 6 nitrogen and oxygen atoms in total. The number of carbonyl (C=O) groups is 1. The van der Waals surface area contributed by atoms with E-state index < -0.39 is 0 Å². The first-order valence-electron chi connectivity index (χ1n) is 6.02. The van der Waals surface area contributed by atoms with E-state index in [2.05, 4.69) is 10.3 Å². The molecule has 6 heteroatoms. The lowest BCUT2D eigenvalue weighted by Gasteiger charge is -2.30. The topological polar surface area (TPSA) is 84.2 Å². The Bertz CT molecular complexity index is 481. The Morgan fingerprint density at radius 2 is 2.47 bits per heavy atom. The summed E-state index contributed by atoms with van der Waals surface area (Å²) in [6.07, 6.45) is 2.11. The van der Waals surface area contributed by atoms with E-state index in [-0.39, 0.29) is 23.7 Å². The van der Waals surface area contributed by atoms with Gasteiger partial charge in [-0.1, -0.05) is 0 Å². The van der Waals surface area contributed by atoms with Crippen LogP contribution in [0.1, 0.15) is 22.5 Å². The van der Waals surface area contributed by atoms with Crippen molar-refractivity contribution < 1.29 is 14.3 Å². The monoisotopic (exact) mass is 261 g/mol. The van der Waals surface area contributed by atoms with Crippen molar-refractivity contribution in [3.05, 3.63) is 29.6 Å². The number of nitrogens with zero attached hydrogens (tertiary/aromatic N) is 2. The zero-order valence-electron chi connectivity index (χ0n) is 10.6. The number of methoxy groups -OCH3 is 1. The molecule has 1 aliphatic heterocycles. The Morgan fingerprint density at radius 3 is 3.11 bits per heavy atom. The first-order chi connectivity index (χ1) is 9.24. The number of rotatable bonds is 3. The van der Waals surface area contributed by atoms with Gasteiger partial charge in [0.1, 0.15) is 11.8 Å². The third kappa shape index (κ3) is 3.28. The molecule has 100 valence electrons. The summed E-state index contributed by atoms with van der Waals surface area (Å²) < 4.78 is 10.7. The van der Waals surface area contributed by atoms with Crippen LogP contribution in [0.5, 0.6) is 0 Å². The zero-order chi connectivity index (χ0) is 13.7. The van der Waals surface area contributed by atoms with Crippen LogP contribution in [0.3, 0.4) is 0 Å². The fourth-order valence-electron chi connectivity index (χ4n) is 1.98. The molecule has 19 heavy (non-hydrogen) atoms. The molecule has 0 radical (unpaired) electrons. The summed E-state index contributed by atoms with van der Waals surface area (Å²) in [6, 6.07) is 4.83. The number of amides is 1. The smallest absolute Gasteiger partial charge is 0.253 e. The number of aromatic nitrogens is 1. The number of hydrogen-bond acceptors (Lipinski definition) is 5. The van der Waals surface area contributed by atoms with E-state index in [1.165, 1.54) is 12.3 Å². The van der Waals surface area contributed by atoms with E-state index in [9.17, 15) is 4.79 Å². The summed E-state index contributed by atoms with van der Waals surface area (Å²) in [5.41, 5.74) is 0.701.